The van der Waals surface area contributed by atoms with Gasteiger partial charge in [0, 0.05) is 65.5 Å². The van der Waals surface area contributed by atoms with Gasteiger partial charge in [0.05, 0.1) is 50.5 Å². The van der Waals surface area contributed by atoms with E-state index in [1.54, 1.807) is 42.3 Å². The van der Waals surface area contributed by atoms with Crippen LogP contribution < -0.4 is 0 Å². The molecule has 0 radical (unpaired) electrons. The summed E-state index contributed by atoms with van der Waals surface area (Å²) in [6.45, 7) is 11.7. The van der Waals surface area contributed by atoms with Crippen molar-refractivity contribution in [3.05, 3.63) is 36.0 Å². The number of likely N-dealkylation sites (N-methyl/N-ethyl adjacent to an activating group) is 1. The van der Waals surface area contributed by atoms with E-state index in [2.05, 4.69) is 25.2 Å². The second kappa shape index (κ2) is 21.9. The normalized spacial score (nSPS) is 40.8. The summed E-state index contributed by atoms with van der Waals surface area (Å²) in [6, 6.07) is 0.0360. The Hall–Kier alpha value is -2.73. The first-order chi connectivity index (χ1) is 30.5. The van der Waals surface area contributed by atoms with Gasteiger partial charge < -0.3 is 52.1 Å². The largest absolute Gasteiger partial charge is 0.512 e. The maximum absolute atomic E-state index is 15.0. The van der Waals surface area contributed by atoms with Crippen LogP contribution in [-0.4, -0.2) is 151 Å². The minimum Gasteiger partial charge on any atom is -0.458 e. The third kappa shape index (κ3) is 11.2. The standard InChI is InChI=1S/C49H78NO14/c1-13-14-16-32-17-15-18-40(64-42-20-19-39(30(5)60-42)50(7,8)27-58-48(53)59-28(2)3)29(4)43(52)37-24-36-34(35(37)25-41(51)62-32)21-22-49(57-12)26-33(23-38(36)49)63-47-46(56-11)45(55-10)44(54-9)31(6)61-47/h14,16,21-22,24,28-36,38-40,42,44-47H,13,15,17-20,23,25-27H2,1-12H3/q+1/b16-14+/t29-,30?,31?,32+,33+,34+,35+,36-,38+,39?,40+,42?,44?,45?,46?,47?,49?/m1/s1. The van der Waals surface area contributed by atoms with Crippen molar-refractivity contribution in [1.82, 2.24) is 0 Å². The molecule has 3 heterocycles. The van der Waals surface area contributed by atoms with Crippen LogP contribution >= 0.6 is 0 Å². The average Bonchev–Trinajstić information content (AvgIpc) is 3.81. The van der Waals surface area contributed by atoms with Crippen molar-refractivity contribution < 1.29 is 71.0 Å². The molecule has 1 saturated carbocycles. The minimum atomic E-state index is -0.696. The number of carbonyl (C=O) groups excluding carboxylic acids is 3. The van der Waals surface area contributed by atoms with Crippen molar-refractivity contribution in [3.8, 4) is 0 Å². The number of ketones is 1. The summed E-state index contributed by atoms with van der Waals surface area (Å²) in [6.07, 6.45) is 10.9. The number of Topliss-reactive ketones (excluding diaryl/α,β-unsaturated/α-hetero) is 1. The monoisotopic (exact) mass is 905 g/mol. The van der Waals surface area contributed by atoms with E-state index in [-0.39, 0.29) is 91.2 Å². The molecular formula is C49H78NO14+. The molecule has 15 nitrogen and oxygen atoms in total. The fraction of sp³-hybridized carbons (Fsp3) is 0.816. The molecule has 0 bridgehead atoms. The molecule has 6 rings (SSSR count). The van der Waals surface area contributed by atoms with Crippen molar-refractivity contribution in [1.29, 1.82) is 0 Å². The summed E-state index contributed by atoms with van der Waals surface area (Å²) >= 11 is 0. The molecule has 6 aliphatic rings. The molecule has 3 saturated heterocycles. The molecule has 17 atom stereocenters. The summed E-state index contributed by atoms with van der Waals surface area (Å²) in [4.78, 5) is 41.1. The summed E-state index contributed by atoms with van der Waals surface area (Å²) in [5, 5.41) is 0. The first-order valence-corrected chi connectivity index (χ1v) is 23.7. The Balaban J connectivity index is 1.22. The number of nitrogens with zero attached hydrogens (tertiary/aromatic N) is 1. The number of quaternary nitrogens is 1. The quantitative estimate of drug-likeness (QED) is 0.0774. The Morgan fingerprint density at radius 1 is 0.922 bits per heavy atom. The molecule has 64 heavy (non-hydrogen) atoms. The highest BCUT2D eigenvalue weighted by atomic mass is 16.7. The fourth-order valence-electron chi connectivity index (χ4n) is 11.6. The Morgan fingerprint density at radius 2 is 1.66 bits per heavy atom. The van der Waals surface area contributed by atoms with E-state index in [4.69, 9.17) is 52.1 Å². The predicted octanol–water partition coefficient (Wildman–Crippen LogP) is 6.85. The molecule has 4 fully saturated rings. The molecule has 15 heteroatoms. The number of ether oxygens (including phenoxy) is 11. The van der Waals surface area contributed by atoms with E-state index in [0.717, 1.165) is 12.8 Å². The van der Waals surface area contributed by atoms with Crippen LogP contribution in [0.1, 0.15) is 99.3 Å². The molecule has 0 aromatic rings. The number of esters is 1. The number of cyclic esters (lactones) is 1. The molecule has 0 aromatic heterocycles. The number of methoxy groups -OCH3 is 4. The van der Waals surface area contributed by atoms with Gasteiger partial charge in [-0.2, -0.15) is 0 Å². The maximum atomic E-state index is 15.0. The summed E-state index contributed by atoms with van der Waals surface area (Å²) < 4.78 is 67.7. The number of carbonyl (C=O) groups is 3. The van der Waals surface area contributed by atoms with Crippen molar-refractivity contribution >= 4 is 17.9 Å². The summed E-state index contributed by atoms with van der Waals surface area (Å²) in [5.74, 6) is -1.45. The van der Waals surface area contributed by atoms with Gasteiger partial charge in [-0.3, -0.25) is 14.1 Å². The van der Waals surface area contributed by atoms with Crippen LogP contribution in [-0.2, 0) is 61.7 Å². The topological polar surface area (TPSA) is 153 Å². The zero-order chi connectivity index (χ0) is 46.5. The molecular weight excluding hydrogens is 827 g/mol. The van der Waals surface area contributed by atoms with E-state index in [1.807, 2.05) is 47.0 Å². The van der Waals surface area contributed by atoms with Crippen molar-refractivity contribution in [3.63, 3.8) is 0 Å². The van der Waals surface area contributed by atoms with Gasteiger partial charge >= 0.3 is 12.1 Å². The summed E-state index contributed by atoms with van der Waals surface area (Å²) in [7, 11) is 10.7. The Kier molecular flexibility index (Phi) is 17.4. The van der Waals surface area contributed by atoms with Gasteiger partial charge in [0.2, 0.25) is 6.73 Å². The van der Waals surface area contributed by atoms with Gasteiger partial charge in [-0.15, -0.1) is 0 Å². The molecule has 0 N–H and O–H groups in total. The van der Waals surface area contributed by atoms with Gasteiger partial charge in [-0.05, 0) is 83.3 Å². The Labute approximate surface area is 381 Å². The smallest absolute Gasteiger partial charge is 0.458 e. The first-order valence-electron chi connectivity index (χ1n) is 23.7. The zero-order valence-electron chi connectivity index (χ0n) is 40.4. The van der Waals surface area contributed by atoms with Crippen LogP contribution in [0.5, 0.6) is 0 Å². The number of hydrogen-bond acceptors (Lipinski definition) is 14. The van der Waals surface area contributed by atoms with E-state index < -0.39 is 48.6 Å². The highest BCUT2D eigenvalue weighted by Gasteiger charge is 2.58. The lowest BCUT2D eigenvalue weighted by Gasteiger charge is -2.44. The number of allylic oxidation sites excluding steroid dienone is 4. The molecule has 9 unspecified atom stereocenters. The second-order valence-corrected chi connectivity index (χ2v) is 19.7. The zero-order valence-corrected chi connectivity index (χ0v) is 40.4. The van der Waals surface area contributed by atoms with Crippen molar-refractivity contribution in [2.24, 2.45) is 29.6 Å². The van der Waals surface area contributed by atoms with Gasteiger partial charge in [-0.25, -0.2) is 4.79 Å². The third-order valence-electron chi connectivity index (χ3n) is 14.9. The van der Waals surface area contributed by atoms with Gasteiger partial charge in [0.1, 0.15) is 36.6 Å². The van der Waals surface area contributed by atoms with Crippen molar-refractivity contribution in [2.75, 3.05) is 49.3 Å². The maximum Gasteiger partial charge on any atom is 0.512 e. The van der Waals surface area contributed by atoms with Gasteiger partial charge in [0.15, 0.2) is 18.4 Å². The van der Waals surface area contributed by atoms with Gasteiger partial charge in [0.25, 0.3) is 0 Å². The predicted molar refractivity (Wildman–Crippen MR) is 236 cm³/mol. The third-order valence-corrected chi connectivity index (χ3v) is 14.9. The minimum absolute atomic E-state index is 0.0155. The Bertz CT molecular complexity index is 1680. The molecule has 3 aliphatic heterocycles. The van der Waals surface area contributed by atoms with Crippen molar-refractivity contribution in [2.45, 2.75) is 178 Å². The number of hydrogen-bond donors (Lipinski definition) is 0. The molecule has 0 aromatic carbocycles. The lowest BCUT2D eigenvalue weighted by atomic mass is 9.68. The van der Waals surface area contributed by atoms with E-state index in [0.29, 0.717) is 48.6 Å². The average molecular weight is 905 g/mol. The van der Waals surface area contributed by atoms with E-state index >= 15 is 4.79 Å². The number of rotatable bonds is 14. The highest BCUT2D eigenvalue weighted by Crippen LogP contribution is 2.57. The Morgan fingerprint density at radius 3 is 2.31 bits per heavy atom. The van der Waals surface area contributed by atoms with Crippen LogP contribution in [0.2, 0.25) is 0 Å². The fourth-order valence-corrected chi connectivity index (χ4v) is 11.6. The van der Waals surface area contributed by atoms with Crippen LogP contribution in [0.3, 0.4) is 0 Å². The van der Waals surface area contributed by atoms with E-state index in [9.17, 15) is 9.59 Å². The van der Waals surface area contributed by atoms with Crippen LogP contribution in [0.4, 0.5) is 4.79 Å². The van der Waals surface area contributed by atoms with Crippen LogP contribution in [0.15, 0.2) is 36.0 Å². The van der Waals surface area contributed by atoms with E-state index in [1.165, 1.54) is 0 Å². The lowest BCUT2D eigenvalue weighted by Crippen LogP contribution is -2.59. The number of fused-ring (bicyclic) bond motifs is 5. The molecule has 362 valence electrons. The molecule has 3 aliphatic carbocycles. The van der Waals surface area contributed by atoms with Gasteiger partial charge in [-0.1, -0.05) is 38.2 Å². The van der Waals surface area contributed by atoms with Crippen LogP contribution in [0, 0.1) is 29.6 Å². The summed E-state index contributed by atoms with van der Waals surface area (Å²) in [5.41, 5.74) is 0.00493. The SMILES string of the molecule is CC/C=C/[C@H]1CCC[C@H](OC2CCC([N+](C)(C)COC(=O)OC(C)C)C(C)O2)[C@@H](C)C(=O)C2=C[C@@H]3[C@@H](C=CC4(OC)C[C@@H](OC5OC(C)C(OC)C(OC)C5OC)C[C@@H]34)[C@@H]2CC(=O)O1. The highest BCUT2D eigenvalue weighted by molar-refractivity contribution is 5.99. The van der Waals surface area contributed by atoms with Crippen LogP contribution in [0.25, 0.3) is 0 Å². The lowest BCUT2D eigenvalue weighted by molar-refractivity contribution is -0.936. The molecule has 0 amide bonds. The molecule has 0 spiro atoms. The first kappa shape index (κ1) is 50.7. The second-order valence-electron chi connectivity index (χ2n) is 19.7.